The van der Waals surface area contributed by atoms with Gasteiger partial charge >= 0.3 is 0 Å². The second kappa shape index (κ2) is 7.22. The second-order valence-corrected chi connectivity index (χ2v) is 9.60. The van der Waals surface area contributed by atoms with Gasteiger partial charge in [-0.05, 0) is 30.6 Å². The molecular formula is C18H32O4S. The summed E-state index contributed by atoms with van der Waals surface area (Å²) in [5.41, 5.74) is -0.932. The van der Waals surface area contributed by atoms with E-state index < -0.39 is 15.5 Å². The summed E-state index contributed by atoms with van der Waals surface area (Å²) in [7, 11) is -3.63. The Morgan fingerprint density at radius 3 is 2.35 bits per heavy atom. The average molecular weight is 345 g/mol. The van der Waals surface area contributed by atoms with Gasteiger partial charge in [0.05, 0.1) is 17.8 Å². The molecule has 0 aromatic carbocycles. The highest BCUT2D eigenvalue weighted by atomic mass is 32.2. The maximum Gasteiger partial charge on any atom is 0.268 e. The fourth-order valence-electron chi connectivity index (χ4n) is 4.52. The van der Waals surface area contributed by atoms with E-state index in [0.29, 0.717) is 18.8 Å². The minimum absolute atomic E-state index is 0.127. The number of hydrogen-bond acceptors (Lipinski definition) is 4. The average Bonchev–Trinajstić information content (AvgIpc) is 2.80. The Morgan fingerprint density at radius 2 is 1.78 bits per heavy atom. The Balaban J connectivity index is 1.83. The standard InChI is InChI=1S/C18H32O4S/c1-4-5-6-7-8-9-12-22-23(20,21)14-18-11-10-15(13-16(18)19)17(18,2)3/h15H,4-14H2,1-3H3. The summed E-state index contributed by atoms with van der Waals surface area (Å²) in [4.78, 5) is 12.4. The Kier molecular flexibility index (Phi) is 5.94. The third-order valence-corrected chi connectivity index (χ3v) is 7.70. The van der Waals surface area contributed by atoms with Crippen LogP contribution < -0.4 is 0 Å². The van der Waals surface area contributed by atoms with Crippen molar-refractivity contribution >= 4 is 15.9 Å². The van der Waals surface area contributed by atoms with Crippen molar-refractivity contribution in [1.29, 1.82) is 0 Å². The molecule has 0 N–H and O–H groups in total. The van der Waals surface area contributed by atoms with Gasteiger partial charge in [0, 0.05) is 6.42 Å². The van der Waals surface area contributed by atoms with Crippen molar-refractivity contribution in [3.8, 4) is 0 Å². The highest BCUT2D eigenvalue weighted by molar-refractivity contribution is 7.86. The largest absolute Gasteiger partial charge is 0.299 e. The van der Waals surface area contributed by atoms with Gasteiger partial charge in [-0.2, -0.15) is 8.42 Å². The maximum absolute atomic E-state index is 12.4. The second-order valence-electron chi connectivity index (χ2n) is 7.96. The molecule has 0 saturated heterocycles. The van der Waals surface area contributed by atoms with Crippen molar-refractivity contribution in [3.63, 3.8) is 0 Å². The van der Waals surface area contributed by atoms with Crippen LogP contribution in [0.25, 0.3) is 0 Å². The van der Waals surface area contributed by atoms with Gasteiger partial charge in [-0.1, -0.05) is 52.9 Å². The first-order valence-corrected chi connectivity index (χ1v) is 10.7. The van der Waals surface area contributed by atoms with Gasteiger partial charge < -0.3 is 0 Å². The number of carbonyl (C=O) groups excluding carboxylic acids is 1. The molecule has 0 aromatic rings. The number of unbranched alkanes of at least 4 members (excludes halogenated alkanes) is 5. The van der Waals surface area contributed by atoms with Gasteiger partial charge in [0.15, 0.2) is 0 Å². The van der Waals surface area contributed by atoms with Gasteiger partial charge in [0.1, 0.15) is 5.78 Å². The van der Waals surface area contributed by atoms with E-state index in [0.717, 1.165) is 25.7 Å². The first-order valence-electron chi connectivity index (χ1n) is 9.15. The van der Waals surface area contributed by atoms with Gasteiger partial charge in [-0.25, -0.2) is 0 Å². The molecule has 4 nitrogen and oxygen atoms in total. The summed E-state index contributed by atoms with van der Waals surface area (Å²) >= 11 is 0. The first-order chi connectivity index (χ1) is 10.8. The lowest BCUT2D eigenvalue weighted by atomic mass is 9.70. The number of rotatable bonds is 10. The molecule has 0 amide bonds. The summed E-state index contributed by atoms with van der Waals surface area (Å²) in [5, 5.41) is 0. The summed E-state index contributed by atoms with van der Waals surface area (Å²) in [6.07, 6.45) is 8.76. The minimum Gasteiger partial charge on any atom is -0.299 e. The van der Waals surface area contributed by atoms with E-state index in [1.165, 1.54) is 19.3 Å². The fourth-order valence-corrected chi connectivity index (χ4v) is 6.26. The van der Waals surface area contributed by atoms with Crippen LogP contribution >= 0.6 is 0 Å². The Hall–Kier alpha value is -0.420. The van der Waals surface area contributed by atoms with Crippen molar-refractivity contribution in [2.45, 2.75) is 78.6 Å². The molecule has 2 saturated carbocycles. The van der Waals surface area contributed by atoms with Crippen LogP contribution in [0.4, 0.5) is 0 Å². The van der Waals surface area contributed by atoms with Crippen LogP contribution in [0, 0.1) is 16.7 Å². The first kappa shape index (κ1) is 18.9. The van der Waals surface area contributed by atoms with Crippen LogP contribution in [-0.4, -0.2) is 26.6 Å². The van der Waals surface area contributed by atoms with Crippen LogP contribution in [-0.2, 0) is 19.1 Å². The topological polar surface area (TPSA) is 60.4 Å². The Labute approximate surface area is 141 Å². The predicted octanol–water partition coefficient (Wildman–Crippen LogP) is 4.09. The van der Waals surface area contributed by atoms with Gasteiger partial charge in [-0.3, -0.25) is 8.98 Å². The van der Waals surface area contributed by atoms with Gasteiger partial charge in [0.25, 0.3) is 10.1 Å². The zero-order chi connectivity index (χ0) is 17.1. The molecule has 0 spiro atoms. The monoisotopic (exact) mass is 344 g/mol. The molecule has 0 aromatic heterocycles. The number of hydrogen-bond donors (Lipinski definition) is 0. The van der Waals surface area contributed by atoms with Crippen LogP contribution in [0.3, 0.4) is 0 Å². The normalized spacial score (nSPS) is 29.3. The molecule has 2 unspecified atom stereocenters. The number of carbonyl (C=O) groups is 1. The van der Waals surface area contributed by atoms with Crippen LogP contribution in [0.1, 0.15) is 78.6 Å². The quantitative estimate of drug-likeness (QED) is 0.442. The fraction of sp³-hybridized carbons (Fsp3) is 0.944. The molecule has 0 heterocycles. The molecule has 134 valence electrons. The summed E-state index contributed by atoms with van der Waals surface area (Å²) in [6.45, 7) is 6.54. The smallest absolute Gasteiger partial charge is 0.268 e. The Bertz CT molecular complexity index is 523. The molecule has 2 aliphatic carbocycles. The van der Waals surface area contributed by atoms with Crippen molar-refractivity contribution in [2.24, 2.45) is 16.7 Å². The van der Waals surface area contributed by atoms with E-state index in [1.54, 1.807) is 0 Å². The van der Waals surface area contributed by atoms with Crippen LogP contribution in [0.5, 0.6) is 0 Å². The van der Waals surface area contributed by atoms with E-state index in [9.17, 15) is 13.2 Å². The minimum atomic E-state index is -3.63. The third-order valence-electron chi connectivity index (χ3n) is 6.32. The molecule has 2 rings (SSSR count). The zero-order valence-corrected chi connectivity index (χ0v) is 15.7. The zero-order valence-electron chi connectivity index (χ0n) is 14.9. The van der Waals surface area contributed by atoms with E-state index in [4.69, 9.17) is 4.18 Å². The highest BCUT2D eigenvalue weighted by Gasteiger charge is 2.65. The van der Waals surface area contributed by atoms with Gasteiger partial charge in [-0.15, -0.1) is 0 Å². The number of ketones is 1. The molecule has 2 fully saturated rings. The molecule has 0 radical (unpaired) electrons. The summed E-state index contributed by atoms with van der Waals surface area (Å²) in [5.74, 6) is 0.340. The molecule has 0 aliphatic heterocycles. The Morgan fingerprint density at radius 1 is 1.13 bits per heavy atom. The third kappa shape index (κ3) is 3.81. The number of fused-ring (bicyclic) bond motifs is 2. The van der Waals surface area contributed by atoms with E-state index in [2.05, 4.69) is 20.8 Å². The van der Waals surface area contributed by atoms with Crippen molar-refractivity contribution in [3.05, 3.63) is 0 Å². The molecule has 2 aliphatic rings. The SMILES string of the molecule is CCCCCCCCOS(=O)(=O)CC12CCC(CC1=O)C2(C)C. The lowest BCUT2D eigenvalue weighted by Crippen LogP contribution is -2.42. The molecule has 5 heteroatoms. The van der Waals surface area contributed by atoms with Gasteiger partial charge in [0.2, 0.25) is 0 Å². The van der Waals surface area contributed by atoms with Crippen molar-refractivity contribution in [1.82, 2.24) is 0 Å². The molecule has 23 heavy (non-hydrogen) atoms. The predicted molar refractivity (Wildman–Crippen MR) is 91.7 cm³/mol. The van der Waals surface area contributed by atoms with Crippen molar-refractivity contribution < 1.29 is 17.4 Å². The molecule has 2 atom stereocenters. The van der Waals surface area contributed by atoms with Crippen molar-refractivity contribution in [2.75, 3.05) is 12.4 Å². The maximum atomic E-state index is 12.4. The molecule has 2 bridgehead atoms. The lowest BCUT2D eigenvalue weighted by Gasteiger charge is -2.35. The molecular weight excluding hydrogens is 312 g/mol. The van der Waals surface area contributed by atoms with E-state index >= 15 is 0 Å². The van der Waals surface area contributed by atoms with E-state index in [-0.39, 0.29) is 23.6 Å². The highest BCUT2D eigenvalue weighted by Crippen LogP contribution is 2.64. The van der Waals surface area contributed by atoms with Crippen LogP contribution in [0.2, 0.25) is 0 Å². The lowest BCUT2D eigenvalue weighted by molar-refractivity contribution is -0.128. The van der Waals surface area contributed by atoms with Crippen LogP contribution in [0.15, 0.2) is 0 Å². The summed E-state index contributed by atoms with van der Waals surface area (Å²) < 4.78 is 29.9. The van der Waals surface area contributed by atoms with E-state index in [1.807, 2.05) is 0 Å². The number of Topliss-reactive ketones (excluding diaryl/α,β-unsaturated/α-hetero) is 1. The summed E-state index contributed by atoms with van der Waals surface area (Å²) in [6, 6.07) is 0.